The van der Waals surface area contributed by atoms with Gasteiger partial charge in [-0.05, 0) is 35.4 Å². The van der Waals surface area contributed by atoms with Crippen molar-refractivity contribution in [1.82, 2.24) is 4.98 Å². The van der Waals surface area contributed by atoms with E-state index in [1.165, 1.54) is 5.56 Å². The molecule has 1 aromatic rings. The van der Waals surface area contributed by atoms with Crippen molar-refractivity contribution in [2.24, 2.45) is 11.3 Å². The zero-order chi connectivity index (χ0) is 13.5. The maximum absolute atomic E-state index is 4.22. The molecule has 1 heterocycles. The van der Waals surface area contributed by atoms with Crippen molar-refractivity contribution in [3.05, 3.63) is 23.9 Å². The van der Waals surface area contributed by atoms with Gasteiger partial charge in [-0.2, -0.15) is 0 Å². The van der Waals surface area contributed by atoms with Crippen molar-refractivity contribution in [1.29, 1.82) is 0 Å². The van der Waals surface area contributed by atoms with Crippen molar-refractivity contribution in [2.75, 3.05) is 12.4 Å². The average molecular weight is 236 g/mol. The van der Waals surface area contributed by atoms with E-state index >= 15 is 0 Å². The molecule has 0 saturated carbocycles. The molecule has 0 fully saturated rings. The van der Waals surface area contributed by atoms with Crippen molar-refractivity contribution >= 4 is 5.82 Å². The first kappa shape index (κ1) is 16.0. The predicted molar refractivity (Wildman–Crippen MR) is 77.5 cm³/mol. The topological polar surface area (TPSA) is 24.9 Å². The van der Waals surface area contributed by atoms with Gasteiger partial charge in [0.05, 0.1) is 0 Å². The van der Waals surface area contributed by atoms with Gasteiger partial charge in [0.2, 0.25) is 0 Å². The van der Waals surface area contributed by atoms with Crippen molar-refractivity contribution in [3.8, 4) is 0 Å². The molecule has 0 atom stereocenters. The Morgan fingerprint density at radius 3 is 2.35 bits per heavy atom. The third-order valence-corrected chi connectivity index (χ3v) is 3.30. The van der Waals surface area contributed by atoms with Gasteiger partial charge in [-0.25, -0.2) is 4.98 Å². The van der Waals surface area contributed by atoms with Gasteiger partial charge in [0.1, 0.15) is 5.82 Å². The van der Waals surface area contributed by atoms with Crippen molar-refractivity contribution < 1.29 is 0 Å². The molecule has 2 heteroatoms. The molecule has 0 spiro atoms. The monoisotopic (exact) mass is 236 g/mol. The van der Waals surface area contributed by atoms with Crippen LogP contribution >= 0.6 is 0 Å². The maximum Gasteiger partial charge on any atom is 0.125 e. The van der Waals surface area contributed by atoms with E-state index in [2.05, 4.69) is 50.1 Å². The van der Waals surface area contributed by atoms with Gasteiger partial charge in [0, 0.05) is 13.2 Å². The Balaban J connectivity index is 0.00000121. The fourth-order valence-electron chi connectivity index (χ4n) is 1.45. The number of pyridine rings is 1. The molecule has 0 bridgehead atoms. The molecule has 1 N–H and O–H groups in total. The number of rotatable bonds is 4. The summed E-state index contributed by atoms with van der Waals surface area (Å²) in [4.78, 5) is 4.22. The minimum atomic E-state index is 0.340. The molecule has 17 heavy (non-hydrogen) atoms. The lowest BCUT2D eigenvalue weighted by Gasteiger charge is -2.29. The molecule has 0 unspecified atom stereocenters. The molecule has 0 radical (unpaired) electrons. The van der Waals surface area contributed by atoms with Crippen LogP contribution in [0.15, 0.2) is 18.3 Å². The Labute approximate surface area is 107 Å². The number of hydrogen-bond donors (Lipinski definition) is 1. The molecule has 0 amide bonds. The lowest BCUT2D eigenvalue weighted by Crippen LogP contribution is -2.22. The maximum atomic E-state index is 4.22. The molecule has 0 aliphatic heterocycles. The third kappa shape index (κ3) is 5.20. The highest BCUT2D eigenvalue weighted by molar-refractivity contribution is 5.36. The zero-order valence-corrected chi connectivity index (χ0v) is 12.5. The van der Waals surface area contributed by atoms with Crippen molar-refractivity contribution in [2.45, 2.75) is 48.0 Å². The molecule has 0 aromatic carbocycles. The summed E-state index contributed by atoms with van der Waals surface area (Å²) < 4.78 is 0. The average Bonchev–Trinajstić information content (AvgIpc) is 2.31. The van der Waals surface area contributed by atoms with Crippen LogP contribution in [0.4, 0.5) is 5.82 Å². The lowest BCUT2D eigenvalue weighted by atomic mass is 9.76. The summed E-state index contributed by atoms with van der Waals surface area (Å²) in [5.41, 5.74) is 1.69. The highest BCUT2D eigenvalue weighted by Crippen LogP contribution is 2.30. The number of aromatic nitrogens is 1. The van der Waals surface area contributed by atoms with E-state index in [-0.39, 0.29) is 0 Å². The quantitative estimate of drug-likeness (QED) is 0.839. The number of nitrogens with zero attached hydrogens (tertiary/aromatic N) is 1. The van der Waals surface area contributed by atoms with Gasteiger partial charge in [-0.15, -0.1) is 0 Å². The highest BCUT2D eigenvalue weighted by Gasteiger charge is 2.22. The third-order valence-electron chi connectivity index (χ3n) is 3.30. The minimum Gasteiger partial charge on any atom is -0.373 e. The van der Waals surface area contributed by atoms with Gasteiger partial charge in [0.15, 0.2) is 0 Å². The van der Waals surface area contributed by atoms with Gasteiger partial charge < -0.3 is 5.32 Å². The predicted octanol–water partition coefficient (Wildman–Crippen LogP) is 4.37. The van der Waals surface area contributed by atoms with E-state index < -0.39 is 0 Å². The summed E-state index contributed by atoms with van der Waals surface area (Å²) in [5, 5.41) is 3.07. The number of hydrogen-bond acceptors (Lipinski definition) is 2. The Morgan fingerprint density at radius 1 is 1.29 bits per heavy atom. The van der Waals surface area contributed by atoms with E-state index in [1.54, 1.807) is 0 Å². The van der Waals surface area contributed by atoms with Crippen LogP contribution in [-0.2, 0) is 6.42 Å². The lowest BCUT2D eigenvalue weighted by molar-refractivity contribution is 0.248. The Bertz CT molecular complexity index is 316. The summed E-state index contributed by atoms with van der Waals surface area (Å²) in [6, 6.07) is 4.23. The van der Waals surface area contributed by atoms with Crippen LogP contribution in [-0.4, -0.2) is 12.0 Å². The SMILES string of the molecule is CC.CNc1cc(CC(C)(C)C(C)C)ccn1. The summed E-state index contributed by atoms with van der Waals surface area (Å²) >= 11 is 0. The standard InChI is InChI=1S/C13H22N2.C2H6/c1-10(2)13(3,4)9-11-6-7-15-12(8-11)14-5;1-2/h6-8,10H,9H2,1-5H3,(H,14,15);1-2H3. The molecule has 1 rings (SSSR count). The fourth-order valence-corrected chi connectivity index (χ4v) is 1.45. The van der Waals surface area contributed by atoms with Crippen LogP contribution in [0.25, 0.3) is 0 Å². The number of anilines is 1. The Kier molecular flexibility index (Phi) is 6.86. The van der Waals surface area contributed by atoms with E-state index in [4.69, 9.17) is 0 Å². The molecule has 0 saturated heterocycles. The van der Waals surface area contributed by atoms with Crippen LogP contribution in [0.2, 0.25) is 0 Å². The molecule has 1 aromatic heterocycles. The number of nitrogens with one attached hydrogen (secondary N) is 1. The van der Waals surface area contributed by atoms with Gasteiger partial charge >= 0.3 is 0 Å². The fraction of sp³-hybridized carbons (Fsp3) is 0.667. The van der Waals surface area contributed by atoms with Crippen molar-refractivity contribution in [3.63, 3.8) is 0 Å². The Hall–Kier alpha value is -1.05. The van der Waals surface area contributed by atoms with Crippen LogP contribution in [0.1, 0.15) is 47.1 Å². The van der Waals surface area contributed by atoms with Gasteiger partial charge in [-0.3, -0.25) is 0 Å². The van der Waals surface area contributed by atoms with E-state index in [1.807, 2.05) is 27.1 Å². The first-order chi connectivity index (χ1) is 7.95. The first-order valence-corrected chi connectivity index (χ1v) is 6.58. The second-order valence-electron chi connectivity index (χ2n) is 5.12. The normalized spacial score (nSPS) is 10.8. The molecular weight excluding hydrogens is 208 g/mol. The molecular formula is C15H28N2. The highest BCUT2D eigenvalue weighted by atomic mass is 14.9. The molecule has 98 valence electrons. The van der Waals surface area contributed by atoms with Gasteiger partial charge in [-0.1, -0.05) is 41.5 Å². The van der Waals surface area contributed by atoms with Crippen LogP contribution in [0.3, 0.4) is 0 Å². The van der Waals surface area contributed by atoms with E-state index in [0.717, 1.165) is 12.2 Å². The van der Waals surface area contributed by atoms with Gasteiger partial charge in [0.25, 0.3) is 0 Å². The Morgan fingerprint density at radius 2 is 1.88 bits per heavy atom. The van der Waals surface area contributed by atoms with Crippen LogP contribution in [0, 0.1) is 11.3 Å². The zero-order valence-electron chi connectivity index (χ0n) is 12.5. The van der Waals surface area contributed by atoms with Crippen LogP contribution < -0.4 is 5.32 Å². The molecule has 0 aliphatic rings. The van der Waals surface area contributed by atoms with Crippen LogP contribution in [0.5, 0.6) is 0 Å². The van der Waals surface area contributed by atoms with E-state index in [9.17, 15) is 0 Å². The van der Waals surface area contributed by atoms with E-state index in [0.29, 0.717) is 11.3 Å². The first-order valence-electron chi connectivity index (χ1n) is 6.58. The summed E-state index contributed by atoms with van der Waals surface area (Å²) in [5.74, 6) is 1.63. The smallest absolute Gasteiger partial charge is 0.125 e. The minimum absolute atomic E-state index is 0.340. The molecule has 2 nitrogen and oxygen atoms in total. The largest absolute Gasteiger partial charge is 0.373 e. The molecule has 0 aliphatic carbocycles. The summed E-state index contributed by atoms with van der Waals surface area (Å²) in [6.07, 6.45) is 2.97. The second kappa shape index (κ2) is 7.31. The summed E-state index contributed by atoms with van der Waals surface area (Å²) in [7, 11) is 1.90. The summed E-state index contributed by atoms with van der Waals surface area (Å²) in [6.45, 7) is 13.2. The second-order valence-corrected chi connectivity index (χ2v) is 5.12.